The van der Waals surface area contributed by atoms with Crippen LogP contribution in [0.5, 0.6) is 0 Å². The van der Waals surface area contributed by atoms with Gasteiger partial charge in [0.15, 0.2) is 0 Å². The zero-order chi connectivity index (χ0) is 15.2. The van der Waals surface area contributed by atoms with Crippen molar-refractivity contribution >= 4 is 17.4 Å². The van der Waals surface area contributed by atoms with Gasteiger partial charge >= 0.3 is 0 Å². The highest BCUT2D eigenvalue weighted by Crippen LogP contribution is 2.19. The van der Waals surface area contributed by atoms with E-state index < -0.39 is 10.8 Å². The van der Waals surface area contributed by atoms with Gasteiger partial charge in [-0.05, 0) is 12.8 Å². The summed E-state index contributed by atoms with van der Waals surface area (Å²) in [6.07, 6.45) is 4.81. The standard InChI is InChI=1S/C13H16N4O4/c14-12(18)11-7-10(17(19)20)8-16-13(11)15-4-1-9-2-5-21-6-3-9/h2,7-8H,1,3-6H2,(H2,14,18)(H,15,16). The van der Waals surface area contributed by atoms with Gasteiger partial charge in [0.25, 0.3) is 11.6 Å². The first-order chi connectivity index (χ1) is 10.1. The summed E-state index contributed by atoms with van der Waals surface area (Å²) >= 11 is 0. The SMILES string of the molecule is NC(=O)c1cc([N+](=O)[O-])cnc1NCCC1=CCOCC1. The van der Waals surface area contributed by atoms with E-state index in [2.05, 4.69) is 10.3 Å². The molecule has 0 bridgehead atoms. The van der Waals surface area contributed by atoms with Crippen molar-refractivity contribution in [3.05, 3.63) is 39.6 Å². The molecule has 0 fully saturated rings. The Morgan fingerprint density at radius 1 is 1.57 bits per heavy atom. The average Bonchev–Trinajstić information content (AvgIpc) is 2.48. The van der Waals surface area contributed by atoms with Crippen molar-refractivity contribution in [2.24, 2.45) is 5.73 Å². The molecule has 8 nitrogen and oxygen atoms in total. The van der Waals surface area contributed by atoms with E-state index in [1.165, 1.54) is 5.57 Å². The first-order valence-corrected chi connectivity index (χ1v) is 6.51. The summed E-state index contributed by atoms with van der Waals surface area (Å²) in [6.45, 7) is 1.91. The maximum atomic E-state index is 11.4. The Morgan fingerprint density at radius 3 is 3.00 bits per heavy atom. The molecule has 112 valence electrons. The van der Waals surface area contributed by atoms with Gasteiger partial charge < -0.3 is 15.8 Å². The first kappa shape index (κ1) is 14.9. The number of nitrogens with zero attached hydrogens (tertiary/aromatic N) is 2. The minimum absolute atomic E-state index is 0.0187. The van der Waals surface area contributed by atoms with Crippen LogP contribution in [-0.4, -0.2) is 35.6 Å². The van der Waals surface area contributed by atoms with Crippen LogP contribution in [0.25, 0.3) is 0 Å². The molecule has 1 aromatic rings. The molecule has 1 aromatic heterocycles. The van der Waals surface area contributed by atoms with Gasteiger partial charge in [0.1, 0.15) is 12.0 Å². The van der Waals surface area contributed by atoms with E-state index >= 15 is 0 Å². The van der Waals surface area contributed by atoms with E-state index in [4.69, 9.17) is 10.5 Å². The van der Waals surface area contributed by atoms with Gasteiger partial charge in [-0.25, -0.2) is 4.98 Å². The van der Waals surface area contributed by atoms with Gasteiger partial charge in [0, 0.05) is 12.6 Å². The van der Waals surface area contributed by atoms with Gasteiger partial charge in [-0.15, -0.1) is 0 Å². The van der Waals surface area contributed by atoms with Crippen LogP contribution in [-0.2, 0) is 4.74 Å². The number of hydrogen-bond acceptors (Lipinski definition) is 6. The fourth-order valence-electron chi connectivity index (χ4n) is 2.02. The average molecular weight is 292 g/mol. The summed E-state index contributed by atoms with van der Waals surface area (Å²) in [6, 6.07) is 1.13. The van der Waals surface area contributed by atoms with Crippen LogP contribution >= 0.6 is 0 Å². The molecular formula is C13H16N4O4. The molecule has 2 heterocycles. The lowest BCUT2D eigenvalue weighted by atomic mass is 10.1. The van der Waals surface area contributed by atoms with Crippen molar-refractivity contribution in [1.82, 2.24) is 4.98 Å². The molecule has 0 aliphatic carbocycles. The normalized spacial score (nSPS) is 14.4. The topological polar surface area (TPSA) is 120 Å². The number of aromatic nitrogens is 1. The maximum absolute atomic E-state index is 11.4. The molecule has 1 amide bonds. The van der Waals surface area contributed by atoms with Crippen LogP contribution in [0, 0.1) is 10.1 Å². The second-order valence-corrected chi connectivity index (χ2v) is 4.58. The van der Waals surface area contributed by atoms with Crippen LogP contribution < -0.4 is 11.1 Å². The molecule has 0 aromatic carbocycles. The molecule has 1 aliphatic heterocycles. The molecule has 1 aliphatic rings. The number of nitrogens with one attached hydrogen (secondary N) is 1. The van der Waals surface area contributed by atoms with Crippen LogP contribution in [0.3, 0.4) is 0 Å². The van der Waals surface area contributed by atoms with Gasteiger partial charge in [0.2, 0.25) is 0 Å². The summed E-state index contributed by atoms with van der Waals surface area (Å²) in [7, 11) is 0. The zero-order valence-corrected chi connectivity index (χ0v) is 11.4. The van der Waals surface area contributed by atoms with Gasteiger partial charge in [-0.1, -0.05) is 11.6 Å². The van der Waals surface area contributed by atoms with Gasteiger partial charge in [-0.2, -0.15) is 0 Å². The third kappa shape index (κ3) is 3.99. The molecule has 0 spiro atoms. The quantitative estimate of drug-likeness (QED) is 0.462. The molecule has 3 N–H and O–H groups in total. The number of nitro groups is 1. The van der Waals surface area contributed by atoms with Crippen molar-refractivity contribution in [2.45, 2.75) is 12.8 Å². The van der Waals surface area contributed by atoms with Crippen molar-refractivity contribution in [3.63, 3.8) is 0 Å². The number of rotatable bonds is 6. The fourth-order valence-corrected chi connectivity index (χ4v) is 2.02. The van der Waals surface area contributed by atoms with E-state index in [0.29, 0.717) is 19.8 Å². The summed E-state index contributed by atoms with van der Waals surface area (Å²) in [5.74, 6) is -0.486. The van der Waals surface area contributed by atoms with E-state index in [-0.39, 0.29) is 17.1 Å². The van der Waals surface area contributed by atoms with Crippen LogP contribution in [0.15, 0.2) is 23.9 Å². The molecular weight excluding hydrogens is 276 g/mol. The molecule has 0 radical (unpaired) electrons. The van der Waals surface area contributed by atoms with Crippen molar-refractivity contribution in [1.29, 1.82) is 0 Å². The number of anilines is 1. The van der Waals surface area contributed by atoms with E-state index in [0.717, 1.165) is 25.1 Å². The predicted molar refractivity (Wildman–Crippen MR) is 76.0 cm³/mol. The highest BCUT2D eigenvalue weighted by Gasteiger charge is 2.16. The van der Waals surface area contributed by atoms with Crippen LogP contribution in [0.2, 0.25) is 0 Å². The number of primary amides is 1. The van der Waals surface area contributed by atoms with Crippen molar-refractivity contribution < 1.29 is 14.5 Å². The number of carbonyl (C=O) groups is 1. The first-order valence-electron chi connectivity index (χ1n) is 6.51. The lowest BCUT2D eigenvalue weighted by Gasteiger charge is -2.14. The van der Waals surface area contributed by atoms with Crippen LogP contribution in [0.1, 0.15) is 23.2 Å². The van der Waals surface area contributed by atoms with E-state index in [1.807, 2.05) is 6.08 Å². The number of nitrogens with two attached hydrogens (primary N) is 1. The maximum Gasteiger partial charge on any atom is 0.288 e. The van der Waals surface area contributed by atoms with Crippen LogP contribution in [0.4, 0.5) is 11.5 Å². The lowest BCUT2D eigenvalue weighted by Crippen LogP contribution is -2.17. The number of hydrogen-bond donors (Lipinski definition) is 2. The zero-order valence-electron chi connectivity index (χ0n) is 11.4. The largest absolute Gasteiger partial charge is 0.377 e. The minimum atomic E-state index is -0.751. The Bertz CT molecular complexity index is 586. The Hall–Kier alpha value is -2.48. The minimum Gasteiger partial charge on any atom is -0.377 e. The van der Waals surface area contributed by atoms with E-state index in [1.54, 1.807) is 0 Å². The summed E-state index contributed by atoms with van der Waals surface area (Å²) in [5, 5.41) is 13.7. The Balaban J connectivity index is 2.03. The molecule has 0 atom stereocenters. The van der Waals surface area contributed by atoms with Crippen molar-refractivity contribution in [2.75, 3.05) is 25.1 Å². The number of pyridine rings is 1. The smallest absolute Gasteiger partial charge is 0.288 e. The molecule has 8 heteroatoms. The number of carbonyl (C=O) groups excluding carboxylic acids is 1. The Morgan fingerprint density at radius 2 is 2.38 bits per heavy atom. The summed E-state index contributed by atoms with van der Waals surface area (Å²) in [4.78, 5) is 25.3. The molecule has 2 rings (SSSR count). The van der Waals surface area contributed by atoms with Gasteiger partial charge in [-0.3, -0.25) is 14.9 Å². The van der Waals surface area contributed by atoms with E-state index in [9.17, 15) is 14.9 Å². The highest BCUT2D eigenvalue weighted by molar-refractivity contribution is 5.98. The molecule has 21 heavy (non-hydrogen) atoms. The van der Waals surface area contributed by atoms with Gasteiger partial charge in [0.05, 0.1) is 23.7 Å². The fraction of sp³-hybridized carbons (Fsp3) is 0.385. The van der Waals surface area contributed by atoms with Crippen molar-refractivity contribution in [3.8, 4) is 0 Å². The Labute approximate surface area is 121 Å². The lowest BCUT2D eigenvalue weighted by molar-refractivity contribution is -0.385. The third-order valence-corrected chi connectivity index (χ3v) is 3.15. The Kier molecular flexibility index (Phi) is 4.83. The third-order valence-electron chi connectivity index (χ3n) is 3.15. The number of amides is 1. The summed E-state index contributed by atoms with van der Waals surface area (Å²) in [5.41, 5.74) is 6.26. The molecule has 0 saturated carbocycles. The highest BCUT2D eigenvalue weighted by atomic mass is 16.6. The molecule has 0 saturated heterocycles. The predicted octanol–water partition coefficient (Wildman–Crippen LogP) is 1.24. The number of ether oxygens (including phenoxy) is 1. The molecule has 0 unspecified atom stereocenters. The second kappa shape index (κ2) is 6.80. The summed E-state index contributed by atoms with van der Waals surface area (Å²) < 4.78 is 5.22. The monoisotopic (exact) mass is 292 g/mol. The second-order valence-electron chi connectivity index (χ2n) is 4.58.